The first-order valence-electron chi connectivity index (χ1n) is 24.9. The van der Waals surface area contributed by atoms with Gasteiger partial charge in [-0.3, -0.25) is 0 Å². The van der Waals surface area contributed by atoms with Gasteiger partial charge >= 0.3 is 0 Å². The average molecular weight is 856 g/mol. The molecule has 1 rings (SSSR count). The summed E-state index contributed by atoms with van der Waals surface area (Å²) in [6.07, 6.45) is 34.8. The van der Waals surface area contributed by atoms with Gasteiger partial charge in [0.2, 0.25) is 5.75 Å². The molecule has 0 aromatic carbocycles. The van der Waals surface area contributed by atoms with Gasteiger partial charge in [0.25, 0.3) is 11.8 Å². The fourth-order valence-corrected chi connectivity index (χ4v) is 7.01. The Morgan fingerprint density at radius 1 is 0.333 bits per heavy atom. The Morgan fingerprint density at radius 2 is 0.583 bits per heavy atom. The van der Waals surface area contributed by atoms with Crippen molar-refractivity contribution >= 4 is 0 Å². The Hall–Kier alpha value is -1.83. The normalized spacial score (nSPS) is 13.1. The first kappa shape index (κ1) is 56.2. The van der Waals surface area contributed by atoms with Crippen LogP contribution >= 0.6 is 0 Å². The zero-order chi connectivity index (χ0) is 43.4. The highest BCUT2D eigenvalue weighted by atomic mass is 16.6. The van der Waals surface area contributed by atoms with Crippen LogP contribution in [0.1, 0.15) is 213 Å². The molecule has 1 aromatic heterocycles. The van der Waals surface area contributed by atoms with Crippen molar-refractivity contribution in [3.63, 3.8) is 0 Å². The maximum absolute atomic E-state index is 10.7. The van der Waals surface area contributed by atoms with Crippen molar-refractivity contribution in [3.8, 4) is 17.5 Å². The predicted molar refractivity (Wildman–Crippen MR) is 242 cm³/mol. The van der Waals surface area contributed by atoms with E-state index in [4.69, 9.17) is 28.4 Å². The smallest absolute Gasteiger partial charge is 0.284 e. The van der Waals surface area contributed by atoms with Gasteiger partial charge in [-0.1, -0.05) is 204 Å². The lowest BCUT2D eigenvalue weighted by Gasteiger charge is -2.18. The van der Waals surface area contributed by atoms with Crippen LogP contribution in [0, 0.1) is 0 Å². The van der Waals surface area contributed by atoms with Gasteiger partial charge in [-0.2, -0.15) is 0 Å². The van der Waals surface area contributed by atoms with E-state index in [1.807, 2.05) is 0 Å². The maximum Gasteiger partial charge on any atom is 0.284 e. The minimum atomic E-state index is -0.920. The standard InChI is InChI=1S/C48H93N3O9/c1-4-7-10-13-16-19-22-25-28-31-34-55-37-43(52)40-58-46-47(59-41-44(53)38-56-35-32-29-26-23-20-17-14-11-8-5-2)49-51-50-48(46)60-42-45(54)39-57-36-33-30-27-24-21-18-15-12-9-6-3/h43-45,52-54H,4-42H2,1-3H3. The summed E-state index contributed by atoms with van der Waals surface area (Å²) >= 11 is 0. The van der Waals surface area contributed by atoms with Gasteiger partial charge in [-0.25, -0.2) is 0 Å². The van der Waals surface area contributed by atoms with Crippen molar-refractivity contribution in [1.29, 1.82) is 0 Å². The number of nitrogens with zero attached hydrogens (tertiary/aromatic N) is 3. The molecule has 3 unspecified atom stereocenters. The molecule has 0 saturated heterocycles. The highest BCUT2D eigenvalue weighted by Gasteiger charge is 2.22. The molecule has 0 fully saturated rings. The van der Waals surface area contributed by atoms with E-state index in [-0.39, 0.29) is 57.2 Å². The zero-order valence-electron chi connectivity index (χ0n) is 38.9. The first-order chi connectivity index (χ1) is 29.5. The lowest BCUT2D eigenvalue weighted by molar-refractivity contribution is 0.000374. The molecule has 0 bridgehead atoms. The second kappa shape index (κ2) is 43.8. The monoisotopic (exact) mass is 856 g/mol. The van der Waals surface area contributed by atoms with Gasteiger partial charge in [-0.15, -0.1) is 0 Å². The third-order valence-corrected chi connectivity index (χ3v) is 10.8. The number of unbranched alkanes of at least 4 members (excludes halogenated alkanes) is 27. The molecule has 0 amide bonds. The highest BCUT2D eigenvalue weighted by molar-refractivity contribution is 5.41. The summed E-state index contributed by atoms with van der Waals surface area (Å²) in [5.74, 6) is -0.0615. The number of aliphatic hydroxyl groups excluding tert-OH is 3. The van der Waals surface area contributed by atoms with E-state index < -0.39 is 18.3 Å². The summed E-state index contributed by atoms with van der Waals surface area (Å²) in [5, 5.41) is 43.6. The van der Waals surface area contributed by atoms with E-state index >= 15 is 0 Å². The van der Waals surface area contributed by atoms with Crippen molar-refractivity contribution in [1.82, 2.24) is 15.4 Å². The van der Waals surface area contributed by atoms with E-state index in [1.165, 1.54) is 154 Å². The summed E-state index contributed by atoms with van der Waals surface area (Å²) < 4.78 is 34.7. The second-order valence-corrected chi connectivity index (χ2v) is 16.9. The zero-order valence-corrected chi connectivity index (χ0v) is 38.9. The molecule has 12 nitrogen and oxygen atoms in total. The molecule has 1 aromatic rings. The fourth-order valence-electron chi connectivity index (χ4n) is 7.01. The van der Waals surface area contributed by atoms with Crippen molar-refractivity contribution in [3.05, 3.63) is 0 Å². The van der Waals surface area contributed by atoms with Gasteiger partial charge < -0.3 is 43.7 Å². The summed E-state index contributed by atoms with van der Waals surface area (Å²) in [4.78, 5) is 0. The lowest BCUT2D eigenvalue weighted by atomic mass is 10.1. The Kier molecular flexibility index (Phi) is 41.0. The minimum Gasteiger partial charge on any atom is -0.481 e. The Bertz CT molecular complexity index is 971. The molecule has 0 aliphatic carbocycles. The van der Waals surface area contributed by atoms with Gasteiger partial charge in [0.05, 0.1) is 19.8 Å². The van der Waals surface area contributed by atoms with E-state index in [9.17, 15) is 15.3 Å². The summed E-state index contributed by atoms with van der Waals surface area (Å²) in [6.45, 7) is 8.47. The fraction of sp³-hybridized carbons (Fsp3) is 0.938. The van der Waals surface area contributed by atoms with Crippen LogP contribution in [-0.4, -0.2) is 109 Å². The molecule has 1 heterocycles. The van der Waals surface area contributed by atoms with Crippen LogP contribution in [0.25, 0.3) is 0 Å². The van der Waals surface area contributed by atoms with Crippen LogP contribution in [0.3, 0.4) is 0 Å². The third-order valence-electron chi connectivity index (χ3n) is 10.8. The molecule has 3 N–H and O–H groups in total. The quantitative estimate of drug-likeness (QED) is 0.0534. The summed E-state index contributed by atoms with van der Waals surface area (Å²) in [7, 11) is 0. The van der Waals surface area contributed by atoms with Gasteiger partial charge in [0.15, 0.2) is 0 Å². The van der Waals surface area contributed by atoms with Crippen molar-refractivity contribution < 1.29 is 43.7 Å². The Balaban J connectivity index is 2.50. The van der Waals surface area contributed by atoms with Crippen LogP contribution in [0.4, 0.5) is 0 Å². The van der Waals surface area contributed by atoms with Crippen molar-refractivity contribution in [2.45, 2.75) is 232 Å². The molecule has 0 radical (unpaired) electrons. The highest BCUT2D eigenvalue weighted by Crippen LogP contribution is 2.33. The summed E-state index contributed by atoms with van der Waals surface area (Å²) in [5.41, 5.74) is 0. The molecular weight excluding hydrogens is 763 g/mol. The minimum absolute atomic E-state index is 0.0238. The molecule has 0 aliphatic rings. The van der Waals surface area contributed by atoms with Crippen LogP contribution < -0.4 is 14.2 Å². The molecule has 0 aliphatic heterocycles. The molecule has 3 atom stereocenters. The molecule has 12 heteroatoms. The van der Waals surface area contributed by atoms with E-state index in [2.05, 4.69) is 36.2 Å². The first-order valence-corrected chi connectivity index (χ1v) is 24.9. The number of aromatic nitrogens is 3. The molecular formula is C48H93N3O9. The topological polar surface area (TPSA) is 155 Å². The molecule has 354 valence electrons. The average Bonchev–Trinajstić information content (AvgIpc) is 3.25. The van der Waals surface area contributed by atoms with Crippen molar-refractivity contribution in [2.75, 3.05) is 59.5 Å². The van der Waals surface area contributed by atoms with Crippen molar-refractivity contribution in [2.24, 2.45) is 0 Å². The molecule has 60 heavy (non-hydrogen) atoms. The molecule has 0 saturated carbocycles. The number of hydrogen-bond donors (Lipinski definition) is 3. The summed E-state index contributed by atoms with van der Waals surface area (Å²) in [6, 6.07) is 0. The Morgan fingerprint density at radius 3 is 0.867 bits per heavy atom. The lowest BCUT2D eigenvalue weighted by Crippen LogP contribution is -2.27. The van der Waals surface area contributed by atoms with Crippen LogP contribution in [0.5, 0.6) is 17.5 Å². The number of ether oxygens (including phenoxy) is 6. The largest absolute Gasteiger partial charge is 0.481 e. The SMILES string of the molecule is CCCCCCCCCCCCOCC(O)COc1nnnc(OCC(O)COCCCCCCCCCCCC)c1OCC(O)COCCCCCCCCCCCC. The number of aliphatic hydroxyl groups is 3. The third kappa shape index (κ3) is 35.7. The van der Waals surface area contributed by atoms with Crippen LogP contribution in [0.15, 0.2) is 0 Å². The number of rotatable bonds is 48. The number of hydrogen-bond acceptors (Lipinski definition) is 12. The van der Waals surface area contributed by atoms with Gasteiger partial charge in [0.1, 0.15) is 38.1 Å². The maximum atomic E-state index is 10.7. The predicted octanol–water partition coefficient (Wildman–Crippen LogP) is 10.9. The van der Waals surface area contributed by atoms with Crippen LogP contribution in [0.2, 0.25) is 0 Å². The van der Waals surface area contributed by atoms with Gasteiger partial charge in [-0.05, 0) is 24.5 Å². The Labute approximate surface area is 367 Å². The second-order valence-electron chi connectivity index (χ2n) is 16.9. The van der Waals surface area contributed by atoms with Crippen LogP contribution in [-0.2, 0) is 14.2 Å². The molecule has 0 spiro atoms. The van der Waals surface area contributed by atoms with E-state index in [0.29, 0.717) is 19.8 Å². The van der Waals surface area contributed by atoms with E-state index in [0.717, 1.165) is 38.5 Å². The van der Waals surface area contributed by atoms with E-state index in [1.54, 1.807) is 0 Å². The van der Waals surface area contributed by atoms with Gasteiger partial charge in [0, 0.05) is 19.8 Å².